The van der Waals surface area contributed by atoms with E-state index in [9.17, 15) is 0 Å². The molecule has 0 amide bonds. The average Bonchev–Trinajstić information content (AvgIpc) is 1.50. The van der Waals surface area contributed by atoms with Crippen LogP contribution in [0.4, 0.5) is 22.7 Å². The van der Waals surface area contributed by atoms with Crippen molar-refractivity contribution in [3.63, 3.8) is 0 Å². The Morgan fingerprint density at radius 2 is 1.09 bits per heavy atom. The van der Waals surface area contributed by atoms with Crippen molar-refractivity contribution in [2.75, 3.05) is 9.80 Å². The number of ether oxygens (including phenoxy) is 1. The Hall–Kier alpha value is -8.54. The fraction of sp³-hybridized carbons (Fsp3) is 0.205. The van der Waals surface area contributed by atoms with Gasteiger partial charge in [-0.25, -0.2) is 4.98 Å². The van der Waals surface area contributed by atoms with Gasteiger partial charge in [-0.05, 0) is 103 Å². The van der Waals surface area contributed by atoms with Crippen LogP contribution < -0.4 is 35.3 Å². The van der Waals surface area contributed by atoms with E-state index in [0.29, 0.717) is 11.5 Å². The minimum atomic E-state index is -3.21. The number of rotatable bonds is 10. The molecule has 7 heteroatoms. The van der Waals surface area contributed by atoms with Gasteiger partial charge in [-0.3, -0.25) is 0 Å². The first-order valence-corrected chi connectivity index (χ1v) is 33.5. The van der Waals surface area contributed by atoms with Crippen molar-refractivity contribution in [1.82, 2.24) is 9.55 Å². The number of aromatic nitrogens is 2. The molecule has 2 aliphatic rings. The third-order valence-corrected chi connectivity index (χ3v) is 23.0. The van der Waals surface area contributed by atoms with Gasteiger partial charge in [-0.2, -0.15) is 6.07 Å². The molecule has 0 atom stereocenters. The SMILES string of the molecule is CC(C)(C)Cc1ccc2c(c1)N(c1[c-]c(Oc3[c-]c4c(c5c3[Si](c3ccccc3)(c3ccccc3)c3ccccc3-5)c3ccccc3n4-c3cc(C(C)(C)C)ccn3)ccc1)[CH-]N2c1c(-c2ccccc2)cccc1-c1cc(C(C)(C)C)cc(C(C)(C)C)c1.[Pt]. The number of hydrogen-bond acceptors (Lipinski definition) is 4. The van der Waals surface area contributed by atoms with Gasteiger partial charge in [0.05, 0.1) is 0 Å². The molecule has 2 aliphatic heterocycles. The van der Waals surface area contributed by atoms with Gasteiger partial charge in [0, 0.05) is 72.5 Å². The Morgan fingerprint density at radius 3 is 1.74 bits per heavy atom. The Labute approximate surface area is 548 Å². The van der Waals surface area contributed by atoms with Crippen molar-refractivity contribution < 1.29 is 25.8 Å². The predicted octanol–water partition coefficient (Wildman–Crippen LogP) is 19.2. The molecule has 0 N–H and O–H groups in total. The summed E-state index contributed by atoms with van der Waals surface area (Å²) < 4.78 is 10.1. The zero-order valence-electron chi connectivity index (χ0n) is 53.7. The second-order valence-corrected chi connectivity index (χ2v) is 32.4. The molecule has 0 unspecified atom stereocenters. The van der Waals surface area contributed by atoms with Crippen LogP contribution >= 0.6 is 0 Å². The molecule has 4 heterocycles. The van der Waals surface area contributed by atoms with Crippen LogP contribution in [0.2, 0.25) is 0 Å². The van der Waals surface area contributed by atoms with Crippen LogP contribution in [0.1, 0.15) is 105 Å². The molecule has 452 valence electrons. The van der Waals surface area contributed by atoms with E-state index in [1.54, 1.807) is 0 Å². The monoisotopic (exact) mass is 1370 g/mol. The van der Waals surface area contributed by atoms with Crippen LogP contribution in [0.5, 0.6) is 11.5 Å². The van der Waals surface area contributed by atoms with Gasteiger partial charge in [0.2, 0.25) is 0 Å². The van der Waals surface area contributed by atoms with E-state index in [1.165, 1.54) is 59.7 Å². The first-order valence-electron chi connectivity index (χ1n) is 31.5. The average molecular weight is 1370 g/mol. The molecular weight excluding hydrogens is 1290 g/mol. The quantitative estimate of drug-likeness (QED) is 0.101. The van der Waals surface area contributed by atoms with E-state index in [0.717, 1.165) is 73.5 Å². The number of hydrogen-bond donors (Lipinski definition) is 0. The molecule has 90 heavy (non-hydrogen) atoms. The van der Waals surface area contributed by atoms with Crippen LogP contribution in [0.15, 0.2) is 231 Å². The summed E-state index contributed by atoms with van der Waals surface area (Å²) in [5.41, 5.74) is 18.1. The van der Waals surface area contributed by atoms with Crippen LogP contribution in [0, 0.1) is 24.2 Å². The largest absolute Gasteiger partial charge is 0.509 e. The maximum absolute atomic E-state index is 7.78. The smallest absolute Gasteiger partial charge is 0.135 e. The fourth-order valence-corrected chi connectivity index (χ4v) is 19.1. The van der Waals surface area contributed by atoms with E-state index >= 15 is 0 Å². The summed E-state index contributed by atoms with van der Waals surface area (Å²) in [4.78, 5) is 9.93. The van der Waals surface area contributed by atoms with Crippen LogP contribution in [-0.2, 0) is 43.7 Å². The van der Waals surface area contributed by atoms with Gasteiger partial charge < -0.3 is 19.1 Å². The topological polar surface area (TPSA) is 33.5 Å². The summed E-state index contributed by atoms with van der Waals surface area (Å²) in [7, 11) is -3.21. The maximum atomic E-state index is 7.78. The van der Waals surface area contributed by atoms with E-state index in [4.69, 9.17) is 9.72 Å². The minimum absolute atomic E-state index is 0. The summed E-state index contributed by atoms with van der Waals surface area (Å²) in [5.74, 6) is 2.11. The molecule has 5 nitrogen and oxygen atoms in total. The Bertz CT molecular complexity index is 4620. The Morgan fingerprint density at radius 1 is 0.500 bits per heavy atom. The number of para-hydroxylation sites is 2. The van der Waals surface area contributed by atoms with Crippen molar-refractivity contribution in [1.29, 1.82) is 0 Å². The number of fused-ring (bicyclic) bond motifs is 8. The normalized spacial score (nSPS) is 13.7. The molecule has 12 aromatic rings. The van der Waals surface area contributed by atoms with Crippen LogP contribution in [-0.4, -0.2) is 17.6 Å². The van der Waals surface area contributed by atoms with Crippen molar-refractivity contribution in [2.24, 2.45) is 5.41 Å². The molecule has 0 bridgehead atoms. The summed E-state index contributed by atoms with van der Waals surface area (Å²) >= 11 is 0. The molecule has 0 radical (unpaired) electrons. The molecule has 2 aromatic heterocycles. The van der Waals surface area contributed by atoms with Crippen molar-refractivity contribution in [2.45, 2.75) is 106 Å². The number of pyridine rings is 1. The van der Waals surface area contributed by atoms with Gasteiger partial charge in [0.1, 0.15) is 13.9 Å². The summed E-state index contributed by atoms with van der Waals surface area (Å²) in [6.45, 7) is 30.0. The van der Waals surface area contributed by atoms with Crippen molar-refractivity contribution in [3.05, 3.63) is 272 Å². The van der Waals surface area contributed by atoms with Crippen molar-refractivity contribution >= 4 is 73.4 Å². The third-order valence-electron chi connectivity index (χ3n) is 18.1. The van der Waals surface area contributed by atoms with Gasteiger partial charge in [0.15, 0.2) is 0 Å². The zero-order chi connectivity index (χ0) is 61.8. The Balaban J connectivity index is 0.00000743. The fourth-order valence-electron chi connectivity index (χ4n) is 13.9. The maximum Gasteiger partial charge on any atom is 0.135 e. The van der Waals surface area contributed by atoms with E-state index in [2.05, 4.69) is 341 Å². The summed E-state index contributed by atoms with van der Waals surface area (Å²) in [6, 6.07) is 91.2. The van der Waals surface area contributed by atoms with E-state index in [1.807, 2.05) is 6.20 Å². The van der Waals surface area contributed by atoms with Crippen LogP contribution in [0.3, 0.4) is 0 Å². The molecule has 0 saturated carbocycles. The first-order chi connectivity index (χ1) is 42.6. The summed E-state index contributed by atoms with van der Waals surface area (Å²) in [6.07, 6.45) is 2.87. The van der Waals surface area contributed by atoms with Crippen LogP contribution in [0.25, 0.3) is 61.0 Å². The molecule has 0 aliphatic carbocycles. The van der Waals surface area contributed by atoms with E-state index in [-0.39, 0.29) is 42.7 Å². The summed E-state index contributed by atoms with van der Waals surface area (Å²) in [5, 5.41) is 7.34. The van der Waals surface area contributed by atoms with Gasteiger partial charge in [0.25, 0.3) is 0 Å². The number of anilines is 4. The first kappa shape index (κ1) is 60.4. The second-order valence-electron chi connectivity index (χ2n) is 28.7. The second kappa shape index (κ2) is 22.7. The number of benzene rings is 10. The molecule has 10 aromatic carbocycles. The third kappa shape index (κ3) is 10.5. The zero-order valence-corrected chi connectivity index (χ0v) is 57.0. The van der Waals surface area contributed by atoms with Crippen molar-refractivity contribution in [3.8, 4) is 50.7 Å². The molecule has 14 rings (SSSR count). The molecular formula is C83H77N4OPtSi-3. The number of nitrogens with zero attached hydrogens (tertiary/aromatic N) is 4. The van der Waals surface area contributed by atoms with Gasteiger partial charge >= 0.3 is 0 Å². The Kier molecular flexibility index (Phi) is 15.3. The minimum Gasteiger partial charge on any atom is -0.509 e. The predicted molar refractivity (Wildman–Crippen MR) is 377 cm³/mol. The molecule has 0 spiro atoms. The van der Waals surface area contributed by atoms with E-state index < -0.39 is 8.07 Å². The van der Waals surface area contributed by atoms with Gasteiger partial charge in [-0.15, -0.1) is 42.2 Å². The molecule has 0 saturated heterocycles. The van der Waals surface area contributed by atoms with Gasteiger partial charge in [-0.1, -0.05) is 291 Å². The molecule has 0 fully saturated rings. The standard InChI is InChI=1S/C83H77N4OSi.Pt/c1-80(2,3)53-55-42-43-70-71(46-55)85(54-86(70)78-65(56-28-16-13-17-29-56)38-27-39-66(78)57-47-59(82(7,8)9)49-60(48-57)83(10,11)12)61-30-26-31-62(51-61)88-73-52-72-76(67-36-22-24-40-69(67)87(72)75-50-58(44-45-84-75)81(4,5)6)77-68-37-23-25-41-74(68)89(79(73)77,63-32-18-14-19-33-63)64-34-20-15-21-35-64;/h13-50,54H,53H2,1-12H3;/q-3;.